The lowest BCUT2D eigenvalue weighted by Crippen LogP contribution is -2.85. The van der Waals surface area contributed by atoms with E-state index in [1.807, 2.05) is 0 Å². The third-order valence-electron chi connectivity index (χ3n) is 11.4. The van der Waals surface area contributed by atoms with Gasteiger partial charge in [0.05, 0.1) is 0 Å². The van der Waals surface area contributed by atoms with Crippen molar-refractivity contribution in [3.05, 3.63) is 255 Å². The quantitative estimate of drug-likeness (QED) is 0.0992. The molecule has 0 fully saturated rings. The molecule has 0 N–H and O–H groups in total. The molecule has 0 amide bonds. The van der Waals surface area contributed by atoms with Crippen LogP contribution in [0, 0.1) is 0 Å². The van der Waals surface area contributed by atoms with Crippen LogP contribution in [0.25, 0.3) is 22.3 Å². The van der Waals surface area contributed by atoms with Gasteiger partial charge in [-0.25, -0.2) is 0 Å². The van der Waals surface area contributed by atoms with E-state index in [9.17, 15) is 0 Å². The van der Waals surface area contributed by atoms with Crippen LogP contribution in [0.5, 0.6) is 0 Å². The minimum atomic E-state index is -3.12. The Labute approximate surface area is 333 Å². The molecule has 0 atom stereocenters. The molecule has 0 aliphatic carbocycles. The van der Waals surface area contributed by atoms with E-state index in [0.29, 0.717) is 0 Å². The molecular formula is C54H42Si2. The second kappa shape index (κ2) is 15.6. The Morgan fingerprint density at radius 1 is 0.196 bits per heavy atom. The van der Waals surface area contributed by atoms with Crippen molar-refractivity contribution in [2.24, 2.45) is 0 Å². The molecule has 0 radical (unpaired) electrons. The fraction of sp³-hybridized carbons (Fsp3) is 0. The first-order valence-electron chi connectivity index (χ1n) is 19.4. The highest BCUT2D eigenvalue weighted by Gasteiger charge is 2.50. The lowest BCUT2D eigenvalue weighted by molar-refractivity contribution is 1.60. The van der Waals surface area contributed by atoms with Gasteiger partial charge in [-0.05, 0) is 63.7 Å². The van der Waals surface area contributed by atoms with Crippen LogP contribution in [-0.4, -0.2) is 16.1 Å². The zero-order valence-electron chi connectivity index (χ0n) is 31.2. The van der Waals surface area contributed by atoms with Crippen LogP contribution >= 0.6 is 0 Å². The van der Waals surface area contributed by atoms with E-state index in [4.69, 9.17) is 0 Å². The molecule has 0 heterocycles. The summed E-state index contributed by atoms with van der Waals surface area (Å²) in [5.74, 6) is 0. The Kier molecular flexibility index (Phi) is 9.81. The second-order valence-electron chi connectivity index (χ2n) is 14.4. The summed E-state index contributed by atoms with van der Waals surface area (Å²) in [7, 11) is -6.17. The molecule has 0 saturated heterocycles. The van der Waals surface area contributed by atoms with Crippen molar-refractivity contribution in [3.8, 4) is 22.3 Å². The lowest BCUT2D eigenvalue weighted by atomic mass is 10.0. The van der Waals surface area contributed by atoms with E-state index in [1.54, 1.807) is 0 Å². The number of hydrogen-bond donors (Lipinski definition) is 0. The van der Waals surface area contributed by atoms with Crippen LogP contribution in [0.15, 0.2) is 255 Å². The molecule has 0 bridgehead atoms. The summed E-state index contributed by atoms with van der Waals surface area (Å²) in [5, 5.41) is 11.1. The molecule has 0 nitrogen and oxygen atoms in total. The van der Waals surface area contributed by atoms with Crippen molar-refractivity contribution in [1.29, 1.82) is 0 Å². The standard InChI is InChI=1S/C54H42Si2/c1-8-23-43(24-9-1)44-39-41-45(42-40-44)52-37-22-38-53(55(46-25-10-2-11-26-46,47-27-12-3-13-28-47)48-29-14-4-15-30-48)54(52)56(49-31-16-5-17-32-49,50-33-18-6-19-34-50)51-35-20-7-21-36-51/h1-42H. The average molecular weight is 747 g/mol. The molecule has 266 valence electrons. The van der Waals surface area contributed by atoms with E-state index < -0.39 is 16.1 Å². The molecule has 0 saturated carbocycles. The first-order chi connectivity index (χ1) is 27.8. The SMILES string of the molecule is c1ccc(-c2ccc(-c3cccc([Si](c4ccccc4)(c4ccccc4)c4ccccc4)c3[Si](c3ccccc3)(c3ccccc3)c3ccccc3)cc2)cc1. The molecule has 9 rings (SSSR count). The van der Waals surface area contributed by atoms with Gasteiger partial charge in [0, 0.05) is 0 Å². The average Bonchev–Trinajstić information content (AvgIpc) is 3.30. The molecule has 0 aliphatic heterocycles. The lowest BCUT2D eigenvalue weighted by Gasteiger charge is -2.43. The minimum Gasteiger partial charge on any atom is -0.0623 e. The van der Waals surface area contributed by atoms with Crippen LogP contribution in [0.4, 0.5) is 0 Å². The highest BCUT2D eigenvalue weighted by atomic mass is 28.3. The second-order valence-corrected chi connectivity index (χ2v) is 21.9. The van der Waals surface area contributed by atoms with E-state index >= 15 is 0 Å². The monoisotopic (exact) mass is 746 g/mol. The third kappa shape index (κ3) is 6.10. The molecular weight excluding hydrogens is 705 g/mol. The van der Waals surface area contributed by atoms with E-state index in [0.717, 1.165) is 0 Å². The number of rotatable bonds is 10. The summed E-state index contributed by atoms with van der Waals surface area (Å²) in [6.07, 6.45) is 0. The van der Waals surface area contributed by atoms with Crippen molar-refractivity contribution < 1.29 is 0 Å². The van der Waals surface area contributed by atoms with Gasteiger partial charge < -0.3 is 0 Å². The molecule has 0 unspecified atom stereocenters. The Hall–Kier alpha value is -6.59. The summed E-state index contributed by atoms with van der Waals surface area (Å²) in [5.41, 5.74) is 4.94. The molecule has 0 spiro atoms. The fourth-order valence-corrected chi connectivity index (χ4v) is 20.1. The third-order valence-corrected chi connectivity index (χ3v) is 21.3. The van der Waals surface area contributed by atoms with Gasteiger partial charge in [-0.1, -0.05) is 255 Å². The van der Waals surface area contributed by atoms with E-state index in [-0.39, 0.29) is 0 Å². The summed E-state index contributed by atoms with van der Waals surface area (Å²) in [4.78, 5) is 0. The minimum absolute atomic E-state index is 1.21. The highest BCUT2D eigenvalue weighted by molar-refractivity contribution is 7.27. The molecule has 9 aromatic rings. The topological polar surface area (TPSA) is 0 Å². The van der Waals surface area contributed by atoms with Crippen LogP contribution in [-0.2, 0) is 0 Å². The molecule has 56 heavy (non-hydrogen) atoms. The predicted octanol–water partition coefficient (Wildman–Crippen LogP) is 7.78. The van der Waals surface area contributed by atoms with Crippen molar-refractivity contribution in [1.82, 2.24) is 0 Å². The van der Waals surface area contributed by atoms with Gasteiger partial charge in [0.2, 0.25) is 0 Å². The zero-order chi connectivity index (χ0) is 37.6. The van der Waals surface area contributed by atoms with Gasteiger partial charge in [-0.3, -0.25) is 0 Å². The van der Waals surface area contributed by atoms with Gasteiger partial charge in [0.15, 0.2) is 16.1 Å². The van der Waals surface area contributed by atoms with Crippen LogP contribution in [0.3, 0.4) is 0 Å². The van der Waals surface area contributed by atoms with Gasteiger partial charge in [-0.15, -0.1) is 0 Å². The predicted molar refractivity (Wildman–Crippen MR) is 245 cm³/mol. The summed E-state index contributed by atoms with van der Waals surface area (Å²) in [6, 6.07) is 95.6. The maximum Gasteiger partial charge on any atom is 0.180 e. The van der Waals surface area contributed by atoms with Gasteiger partial charge in [0.25, 0.3) is 0 Å². The Morgan fingerprint density at radius 2 is 0.482 bits per heavy atom. The Balaban J connectivity index is 1.51. The molecule has 9 aromatic carbocycles. The molecule has 0 aromatic heterocycles. The Morgan fingerprint density at radius 3 is 0.839 bits per heavy atom. The van der Waals surface area contributed by atoms with E-state index in [1.165, 1.54) is 63.7 Å². The van der Waals surface area contributed by atoms with Gasteiger partial charge in [-0.2, -0.15) is 0 Å². The summed E-state index contributed by atoms with van der Waals surface area (Å²) < 4.78 is 0. The van der Waals surface area contributed by atoms with E-state index in [2.05, 4.69) is 255 Å². The molecule has 2 heteroatoms. The molecule has 0 aliphatic rings. The normalized spacial score (nSPS) is 11.6. The summed E-state index contributed by atoms with van der Waals surface area (Å²) >= 11 is 0. The number of benzene rings is 9. The van der Waals surface area contributed by atoms with Crippen molar-refractivity contribution in [3.63, 3.8) is 0 Å². The van der Waals surface area contributed by atoms with Crippen LogP contribution < -0.4 is 41.5 Å². The van der Waals surface area contributed by atoms with Crippen molar-refractivity contribution in [2.75, 3.05) is 0 Å². The smallest absolute Gasteiger partial charge is 0.0623 e. The largest absolute Gasteiger partial charge is 0.180 e. The van der Waals surface area contributed by atoms with Crippen LogP contribution in [0.2, 0.25) is 0 Å². The Bertz CT molecular complexity index is 2440. The first kappa shape index (κ1) is 35.1. The maximum absolute atomic E-state index is 3.12. The number of hydrogen-bond acceptors (Lipinski definition) is 0. The van der Waals surface area contributed by atoms with Crippen molar-refractivity contribution >= 4 is 57.6 Å². The summed E-state index contributed by atoms with van der Waals surface area (Å²) in [6.45, 7) is 0. The zero-order valence-corrected chi connectivity index (χ0v) is 33.2. The van der Waals surface area contributed by atoms with Gasteiger partial charge >= 0.3 is 0 Å². The first-order valence-corrected chi connectivity index (χ1v) is 23.4. The van der Waals surface area contributed by atoms with Crippen LogP contribution in [0.1, 0.15) is 0 Å². The van der Waals surface area contributed by atoms with Crippen molar-refractivity contribution in [2.45, 2.75) is 0 Å². The maximum atomic E-state index is 2.49. The van der Waals surface area contributed by atoms with Gasteiger partial charge in [0.1, 0.15) is 0 Å². The fourth-order valence-electron chi connectivity index (χ4n) is 9.01. The highest BCUT2D eigenvalue weighted by Crippen LogP contribution is 2.27.